The fraction of sp³-hybridized carbons (Fsp3) is 0.150. The molecule has 0 saturated heterocycles. The van der Waals surface area contributed by atoms with E-state index in [4.69, 9.17) is 4.98 Å². The van der Waals surface area contributed by atoms with Gasteiger partial charge < -0.3 is 5.11 Å². The van der Waals surface area contributed by atoms with Gasteiger partial charge in [0.1, 0.15) is 11.2 Å². The van der Waals surface area contributed by atoms with Crippen LogP contribution in [0.4, 0.5) is 0 Å². The predicted molar refractivity (Wildman–Crippen MR) is 106 cm³/mol. The van der Waals surface area contributed by atoms with Gasteiger partial charge in [-0.05, 0) is 23.8 Å². The highest BCUT2D eigenvalue weighted by atomic mass is 16.3. The molecule has 4 aromatic rings. The van der Waals surface area contributed by atoms with Gasteiger partial charge in [-0.25, -0.2) is 9.97 Å². The number of aromatic nitrogens is 6. The summed E-state index contributed by atoms with van der Waals surface area (Å²) in [7, 11) is 1.82. The van der Waals surface area contributed by atoms with Gasteiger partial charge in [0.2, 0.25) is 0 Å². The first-order chi connectivity index (χ1) is 13.7. The van der Waals surface area contributed by atoms with E-state index in [2.05, 4.69) is 15.1 Å². The second-order valence-electron chi connectivity index (χ2n) is 6.28. The molecule has 1 N–H and O–H groups in total. The second kappa shape index (κ2) is 7.53. The Morgan fingerprint density at radius 2 is 2.14 bits per heavy atom. The molecule has 0 unspecified atom stereocenters. The number of aliphatic hydroxyl groups excluding tert-OH is 1. The average Bonchev–Trinajstić information content (AvgIpc) is 3.15. The van der Waals surface area contributed by atoms with Crippen molar-refractivity contribution < 1.29 is 5.11 Å². The molecule has 8 nitrogen and oxygen atoms in total. The van der Waals surface area contributed by atoms with E-state index in [0.29, 0.717) is 22.3 Å². The Bertz CT molecular complexity index is 1210. The Balaban J connectivity index is 1.91. The molecule has 0 aromatic carbocycles. The molecule has 0 aliphatic carbocycles. The van der Waals surface area contributed by atoms with Gasteiger partial charge in [-0.2, -0.15) is 5.10 Å². The largest absolute Gasteiger partial charge is 0.395 e. The van der Waals surface area contributed by atoms with Crippen molar-refractivity contribution in [2.75, 3.05) is 6.61 Å². The molecule has 4 aromatic heterocycles. The molecule has 0 bridgehead atoms. The number of aryl methyl sites for hydroxylation is 1. The summed E-state index contributed by atoms with van der Waals surface area (Å²) in [5, 5.41) is 13.8. The summed E-state index contributed by atoms with van der Waals surface area (Å²) in [6, 6.07) is 5.50. The Hall–Kier alpha value is -3.65. The van der Waals surface area contributed by atoms with Gasteiger partial charge in [0, 0.05) is 31.2 Å². The molecule has 0 radical (unpaired) electrons. The van der Waals surface area contributed by atoms with Gasteiger partial charge in [-0.1, -0.05) is 12.1 Å². The lowest BCUT2D eigenvalue weighted by molar-refractivity contribution is 0.274. The lowest BCUT2D eigenvalue weighted by atomic mass is 10.1. The molecule has 0 saturated carbocycles. The molecular weight excluding hydrogens is 356 g/mol. The van der Waals surface area contributed by atoms with Gasteiger partial charge >= 0.3 is 0 Å². The molecule has 0 aliphatic heterocycles. The summed E-state index contributed by atoms with van der Waals surface area (Å²) in [6.45, 7) is 0.0502. The third kappa shape index (κ3) is 3.45. The second-order valence-corrected chi connectivity index (χ2v) is 6.28. The number of fused-ring (bicyclic) bond motifs is 1. The normalized spacial score (nSPS) is 11.5. The summed E-state index contributed by atoms with van der Waals surface area (Å²) in [6.07, 6.45) is 12.1. The van der Waals surface area contributed by atoms with Crippen LogP contribution in [0.25, 0.3) is 34.3 Å². The summed E-state index contributed by atoms with van der Waals surface area (Å²) in [5.74, 6) is 0. The van der Waals surface area contributed by atoms with Crippen LogP contribution in [0.5, 0.6) is 0 Å². The van der Waals surface area contributed by atoms with Crippen molar-refractivity contribution in [1.29, 1.82) is 0 Å². The fourth-order valence-electron chi connectivity index (χ4n) is 2.94. The summed E-state index contributed by atoms with van der Waals surface area (Å²) in [4.78, 5) is 26.1. The van der Waals surface area contributed by atoms with Crippen LogP contribution < -0.4 is 5.56 Å². The molecule has 28 heavy (non-hydrogen) atoms. The van der Waals surface area contributed by atoms with Gasteiger partial charge in [-0.3, -0.25) is 19.0 Å². The van der Waals surface area contributed by atoms with Crippen LogP contribution in [0.15, 0.2) is 54.1 Å². The standard InChI is InChI=1S/C20H18N6O2/c1-25-12-15(11-23-25)18-19-17(20(28)26(7-8-27)13-22-19)9-16(24-18)5-4-14-3-2-6-21-10-14/h2-6,9-13,27H,7-8H2,1H3/b5-4+. The van der Waals surface area contributed by atoms with Crippen LogP contribution in [0.3, 0.4) is 0 Å². The van der Waals surface area contributed by atoms with Crippen LogP contribution in [-0.4, -0.2) is 41.0 Å². The van der Waals surface area contributed by atoms with Crippen LogP contribution in [0.1, 0.15) is 11.3 Å². The Morgan fingerprint density at radius 1 is 1.25 bits per heavy atom. The summed E-state index contributed by atoms with van der Waals surface area (Å²) >= 11 is 0. The van der Waals surface area contributed by atoms with E-state index in [9.17, 15) is 9.90 Å². The monoisotopic (exact) mass is 374 g/mol. The number of pyridine rings is 2. The van der Waals surface area contributed by atoms with Gasteiger partial charge in [0.05, 0.1) is 36.8 Å². The van der Waals surface area contributed by atoms with Crippen LogP contribution >= 0.6 is 0 Å². The zero-order chi connectivity index (χ0) is 19.5. The Labute approximate surface area is 160 Å². The molecule has 4 rings (SSSR count). The van der Waals surface area contributed by atoms with Gasteiger partial charge in [0.25, 0.3) is 5.56 Å². The summed E-state index contributed by atoms with van der Waals surface area (Å²) < 4.78 is 3.07. The number of hydrogen-bond acceptors (Lipinski definition) is 6. The van der Waals surface area contributed by atoms with Crippen LogP contribution in [-0.2, 0) is 13.6 Å². The van der Waals surface area contributed by atoms with E-state index < -0.39 is 0 Å². The van der Waals surface area contributed by atoms with Crippen molar-refractivity contribution in [2.24, 2.45) is 7.05 Å². The first-order valence-corrected chi connectivity index (χ1v) is 8.74. The number of aliphatic hydroxyl groups is 1. The third-order valence-electron chi connectivity index (χ3n) is 4.28. The van der Waals surface area contributed by atoms with Crippen molar-refractivity contribution in [3.05, 3.63) is 70.9 Å². The van der Waals surface area contributed by atoms with E-state index in [0.717, 1.165) is 11.1 Å². The van der Waals surface area contributed by atoms with E-state index in [1.54, 1.807) is 29.3 Å². The highest BCUT2D eigenvalue weighted by Crippen LogP contribution is 2.24. The quantitative estimate of drug-likeness (QED) is 0.571. The molecular formula is C20H18N6O2. The number of rotatable bonds is 5. The number of nitrogens with zero attached hydrogens (tertiary/aromatic N) is 6. The van der Waals surface area contributed by atoms with Crippen molar-refractivity contribution in [3.8, 4) is 11.3 Å². The van der Waals surface area contributed by atoms with Crippen molar-refractivity contribution in [1.82, 2.24) is 29.3 Å². The highest BCUT2D eigenvalue weighted by Gasteiger charge is 2.14. The van der Waals surface area contributed by atoms with E-state index >= 15 is 0 Å². The zero-order valence-corrected chi connectivity index (χ0v) is 15.2. The molecule has 0 atom stereocenters. The van der Waals surface area contributed by atoms with Gasteiger partial charge in [-0.15, -0.1) is 0 Å². The van der Waals surface area contributed by atoms with Gasteiger partial charge in [0.15, 0.2) is 0 Å². The van der Waals surface area contributed by atoms with Crippen LogP contribution in [0.2, 0.25) is 0 Å². The first kappa shape index (κ1) is 17.7. The maximum Gasteiger partial charge on any atom is 0.261 e. The minimum Gasteiger partial charge on any atom is -0.395 e. The first-order valence-electron chi connectivity index (χ1n) is 8.74. The molecule has 0 fully saturated rings. The average molecular weight is 374 g/mol. The lowest BCUT2D eigenvalue weighted by Crippen LogP contribution is -2.22. The number of hydrogen-bond donors (Lipinski definition) is 1. The maximum atomic E-state index is 12.9. The Morgan fingerprint density at radius 3 is 2.86 bits per heavy atom. The van der Waals surface area contributed by atoms with Crippen molar-refractivity contribution >= 4 is 23.1 Å². The molecule has 0 aliphatic rings. The highest BCUT2D eigenvalue weighted by molar-refractivity contribution is 5.92. The Kier molecular flexibility index (Phi) is 4.77. The smallest absolute Gasteiger partial charge is 0.261 e. The minimum atomic E-state index is -0.220. The predicted octanol–water partition coefficient (Wildman–Crippen LogP) is 1.75. The van der Waals surface area contributed by atoms with E-state index in [-0.39, 0.29) is 18.7 Å². The fourth-order valence-corrected chi connectivity index (χ4v) is 2.94. The maximum absolute atomic E-state index is 12.9. The van der Waals surface area contributed by atoms with E-state index in [1.807, 2.05) is 37.5 Å². The molecule has 8 heteroatoms. The molecule has 4 heterocycles. The third-order valence-corrected chi connectivity index (χ3v) is 4.28. The SMILES string of the molecule is Cn1cc(-c2nc(/C=C/c3cccnc3)cc3c(=O)n(CCO)cnc23)cn1. The van der Waals surface area contributed by atoms with E-state index in [1.165, 1.54) is 10.9 Å². The van der Waals surface area contributed by atoms with Crippen molar-refractivity contribution in [2.45, 2.75) is 6.54 Å². The topological polar surface area (TPSA) is 98.7 Å². The summed E-state index contributed by atoms with van der Waals surface area (Å²) in [5.41, 5.74) is 3.20. The molecule has 0 spiro atoms. The van der Waals surface area contributed by atoms with Crippen LogP contribution in [0, 0.1) is 0 Å². The molecule has 140 valence electrons. The van der Waals surface area contributed by atoms with Crippen molar-refractivity contribution in [3.63, 3.8) is 0 Å². The molecule has 0 amide bonds. The lowest BCUT2D eigenvalue weighted by Gasteiger charge is -2.08. The minimum absolute atomic E-state index is 0.137. The zero-order valence-electron chi connectivity index (χ0n) is 15.2.